The van der Waals surface area contributed by atoms with Crippen LogP contribution >= 0.6 is 0 Å². The van der Waals surface area contributed by atoms with Crippen molar-refractivity contribution in [3.63, 3.8) is 0 Å². The van der Waals surface area contributed by atoms with Gasteiger partial charge in [-0.1, -0.05) is 91.9 Å². The van der Waals surface area contributed by atoms with Crippen molar-refractivity contribution in [2.45, 2.75) is 142 Å². The standard InChI is InChI=1S/C24H50O4Si2/c1-7-11-17-29(18-12-8-2,27-23(5)25)21-15-16-22-30(19-13-9-3,20-14-10-4)28-24(6)26/h7-22H2,1-6H3. The third kappa shape index (κ3) is 12.9. The van der Waals surface area contributed by atoms with Crippen LogP contribution in [0.2, 0.25) is 36.3 Å². The Kier molecular flexibility index (Phi) is 16.6. The summed E-state index contributed by atoms with van der Waals surface area (Å²) in [6.07, 6.45) is 11.4. The van der Waals surface area contributed by atoms with E-state index in [-0.39, 0.29) is 11.9 Å². The highest BCUT2D eigenvalue weighted by atomic mass is 28.4. The average Bonchev–Trinajstić information content (AvgIpc) is 2.69. The molecule has 0 atom stereocenters. The highest BCUT2D eigenvalue weighted by Gasteiger charge is 2.38. The summed E-state index contributed by atoms with van der Waals surface area (Å²) in [6, 6.07) is 6.53. The van der Waals surface area contributed by atoms with Crippen LogP contribution in [0.1, 0.15) is 106 Å². The number of carbonyl (C=O) groups is 2. The van der Waals surface area contributed by atoms with Gasteiger partial charge in [-0.2, -0.15) is 0 Å². The molecule has 178 valence electrons. The van der Waals surface area contributed by atoms with Crippen LogP contribution in [0.4, 0.5) is 0 Å². The monoisotopic (exact) mass is 458 g/mol. The van der Waals surface area contributed by atoms with Crippen LogP contribution in [0.15, 0.2) is 0 Å². The van der Waals surface area contributed by atoms with Gasteiger partial charge >= 0.3 is 0 Å². The second-order valence-corrected chi connectivity index (χ2v) is 17.3. The molecule has 30 heavy (non-hydrogen) atoms. The first-order valence-corrected chi connectivity index (χ1v) is 17.7. The van der Waals surface area contributed by atoms with Crippen molar-refractivity contribution in [2.24, 2.45) is 0 Å². The van der Waals surface area contributed by atoms with E-state index in [2.05, 4.69) is 27.7 Å². The maximum absolute atomic E-state index is 11.9. The van der Waals surface area contributed by atoms with Gasteiger partial charge in [-0.3, -0.25) is 9.59 Å². The van der Waals surface area contributed by atoms with Crippen LogP contribution < -0.4 is 0 Å². The minimum Gasteiger partial charge on any atom is -0.519 e. The normalized spacial score (nSPS) is 12.1. The topological polar surface area (TPSA) is 52.6 Å². The van der Waals surface area contributed by atoms with E-state index in [9.17, 15) is 9.59 Å². The SMILES string of the molecule is CCCC[Si](CCCC)(CCCC[Si](CCCC)(CCCC)OC(C)=O)OC(C)=O. The smallest absolute Gasteiger partial charge is 0.289 e. The molecule has 0 aromatic heterocycles. The zero-order valence-corrected chi connectivity index (χ0v) is 22.9. The second kappa shape index (κ2) is 17.0. The van der Waals surface area contributed by atoms with E-state index in [1.165, 1.54) is 0 Å². The quantitative estimate of drug-likeness (QED) is 0.145. The molecule has 0 aliphatic rings. The van der Waals surface area contributed by atoms with Gasteiger partial charge in [-0.25, -0.2) is 0 Å². The Morgan fingerprint density at radius 1 is 0.500 bits per heavy atom. The van der Waals surface area contributed by atoms with Crippen LogP contribution in [0, 0.1) is 0 Å². The zero-order valence-electron chi connectivity index (χ0n) is 20.9. The molecule has 0 unspecified atom stereocenters. The van der Waals surface area contributed by atoms with Gasteiger partial charge in [0.25, 0.3) is 28.6 Å². The van der Waals surface area contributed by atoms with Gasteiger partial charge in [-0.15, -0.1) is 0 Å². The van der Waals surface area contributed by atoms with E-state index in [0.717, 1.165) is 100 Å². The molecule has 0 N–H and O–H groups in total. The summed E-state index contributed by atoms with van der Waals surface area (Å²) < 4.78 is 12.2. The van der Waals surface area contributed by atoms with E-state index in [4.69, 9.17) is 8.85 Å². The Balaban J connectivity index is 5.16. The predicted octanol–water partition coefficient (Wildman–Crippen LogP) is 7.98. The molecule has 0 amide bonds. The molecule has 0 rings (SSSR count). The molecule has 0 heterocycles. The lowest BCUT2D eigenvalue weighted by atomic mass is 10.4. The lowest BCUT2D eigenvalue weighted by Gasteiger charge is -2.33. The maximum Gasteiger partial charge on any atom is 0.289 e. The van der Waals surface area contributed by atoms with Crippen LogP contribution in [-0.2, 0) is 18.4 Å². The molecule has 0 bridgehead atoms. The Morgan fingerprint density at radius 3 is 0.933 bits per heavy atom. The number of hydrogen-bond donors (Lipinski definition) is 0. The van der Waals surface area contributed by atoms with Gasteiger partial charge in [0.1, 0.15) is 0 Å². The Bertz CT molecular complexity index is 410. The van der Waals surface area contributed by atoms with Crippen molar-refractivity contribution in [3.05, 3.63) is 0 Å². The van der Waals surface area contributed by atoms with E-state index < -0.39 is 16.6 Å². The molecule has 0 saturated heterocycles. The van der Waals surface area contributed by atoms with Crippen LogP contribution in [0.3, 0.4) is 0 Å². The summed E-state index contributed by atoms with van der Waals surface area (Å²) in [4.78, 5) is 23.8. The largest absolute Gasteiger partial charge is 0.519 e. The second-order valence-electron chi connectivity index (χ2n) is 9.17. The minimum atomic E-state index is -2.02. The van der Waals surface area contributed by atoms with Crippen LogP contribution in [-0.4, -0.2) is 28.6 Å². The third-order valence-electron chi connectivity index (χ3n) is 6.18. The first-order valence-electron chi connectivity index (χ1n) is 12.7. The van der Waals surface area contributed by atoms with E-state index >= 15 is 0 Å². The van der Waals surface area contributed by atoms with E-state index in [0.29, 0.717) is 0 Å². The molecule has 0 fully saturated rings. The number of unbranched alkanes of at least 4 members (excludes halogenated alkanes) is 5. The maximum atomic E-state index is 11.9. The fourth-order valence-corrected chi connectivity index (χ4v) is 13.7. The summed E-state index contributed by atoms with van der Waals surface area (Å²) in [7, 11) is -4.04. The number of hydrogen-bond acceptors (Lipinski definition) is 4. The van der Waals surface area contributed by atoms with Gasteiger partial charge in [0.15, 0.2) is 0 Å². The molecule has 4 nitrogen and oxygen atoms in total. The first-order chi connectivity index (χ1) is 14.3. The zero-order chi connectivity index (χ0) is 22.9. The van der Waals surface area contributed by atoms with Gasteiger partial charge in [-0.05, 0) is 36.3 Å². The summed E-state index contributed by atoms with van der Waals surface area (Å²) in [5.41, 5.74) is 0. The summed E-state index contributed by atoms with van der Waals surface area (Å²) in [5, 5.41) is 0. The molecule has 0 saturated carbocycles. The highest BCUT2D eigenvalue weighted by molar-refractivity contribution is 6.75. The van der Waals surface area contributed by atoms with Gasteiger partial charge in [0, 0.05) is 13.8 Å². The van der Waals surface area contributed by atoms with E-state index in [1.807, 2.05) is 0 Å². The van der Waals surface area contributed by atoms with Crippen molar-refractivity contribution < 1.29 is 18.4 Å². The molecule has 0 radical (unpaired) electrons. The Morgan fingerprint density at radius 2 is 0.733 bits per heavy atom. The summed E-state index contributed by atoms with van der Waals surface area (Å²) in [5.74, 6) is -0.188. The van der Waals surface area contributed by atoms with Crippen molar-refractivity contribution in [2.75, 3.05) is 0 Å². The molecular formula is C24H50O4Si2. The van der Waals surface area contributed by atoms with Gasteiger partial charge in [0.2, 0.25) is 0 Å². The molecule has 0 aromatic rings. The predicted molar refractivity (Wildman–Crippen MR) is 133 cm³/mol. The first kappa shape index (κ1) is 29.4. The summed E-state index contributed by atoms with van der Waals surface area (Å²) in [6.45, 7) is 12.0. The molecule has 0 aromatic carbocycles. The summed E-state index contributed by atoms with van der Waals surface area (Å²) >= 11 is 0. The van der Waals surface area contributed by atoms with Gasteiger partial charge < -0.3 is 8.85 Å². The molecule has 0 aliphatic carbocycles. The molecule has 6 heteroatoms. The highest BCUT2D eigenvalue weighted by Crippen LogP contribution is 2.33. The van der Waals surface area contributed by atoms with Crippen LogP contribution in [0.25, 0.3) is 0 Å². The number of rotatable bonds is 19. The Hall–Kier alpha value is -0.626. The van der Waals surface area contributed by atoms with Crippen molar-refractivity contribution in [1.29, 1.82) is 0 Å². The van der Waals surface area contributed by atoms with Crippen molar-refractivity contribution >= 4 is 28.6 Å². The molecular weight excluding hydrogens is 408 g/mol. The molecule has 0 spiro atoms. The van der Waals surface area contributed by atoms with Crippen molar-refractivity contribution in [1.82, 2.24) is 0 Å². The molecule has 0 aliphatic heterocycles. The average molecular weight is 459 g/mol. The minimum absolute atomic E-state index is 0.0941. The lowest BCUT2D eigenvalue weighted by molar-refractivity contribution is -0.133. The Labute approximate surface area is 189 Å². The number of carbonyl (C=O) groups excluding carboxylic acids is 2. The van der Waals surface area contributed by atoms with E-state index in [1.54, 1.807) is 13.8 Å². The van der Waals surface area contributed by atoms with Crippen LogP contribution in [0.5, 0.6) is 0 Å². The third-order valence-corrected chi connectivity index (χ3v) is 15.2. The van der Waals surface area contributed by atoms with Gasteiger partial charge in [0.05, 0.1) is 0 Å². The fraction of sp³-hybridized carbons (Fsp3) is 0.917. The fourth-order valence-electron chi connectivity index (χ4n) is 4.56. The lowest BCUT2D eigenvalue weighted by Crippen LogP contribution is -2.41. The van der Waals surface area contributed by atoms with Crippen molar-refractivity contribution in [3.8, 4) is 0 Å².